The first-order valence-corrected chi connectivity index (χ1v) is 6.38. The molecule has 0 aliphatic rings. The number of rotatable bonds is 5. The van der Waals surface area contributed by atoms with Crippen molar-refractivity contribution in [1.82, 2.24) is 10.3 Å². The van der Waals surface area contributed by atoms with Gasteiger partial charge in [-0.3, -0.25) is 4.79 Å². The summed E-state index contributed by atoms with van der Waals surface area (Å²) >= 11 is 0. The summed E-state index contributed by atoms with van der Waals surface area (Å²) in [7, 11) is 0. The van der Waals surface area contributed by atoms with Crippen LogP contribution in [0.3, 0.4) is 0 Å². The lowest BCUT2D eigenvalue weighted by Crippen LogP contribution is -2.68. The quantitative estimate of drug-likeness (QED) is 0.719. The number of H-pyrrole nitrogens is 1. The summed E-state index contributed by atoms with van der Waals surface area (Å²) < 4.78 is 0. The van der Waals surface area contributed by atoms with Crippen molar-refractivity contribution in [2.75, 3.05) is 6.54 Å². The summed E-state index contributed by atoms with van der Waals surface area (Å²) in [6, 6.07) is 7.87. The van der Waals surface area contributed by atoms with E-state index in [9.17, 15) is 4.79 Å². The van der Waals surface area contributed by atoms with E-state index in [0.717, 1.165) is 24.0 Å². The lowest BCUT2D eigenvalue weighted by molar-refractivity contribution is -0.403. The van der Waals surface area contributed by atoms with Gasteiger partial charge in [0.1, 0.15) is 0 Å². The van der Waals surface area contributed by atoms with Crippen LogP contribution in [0.25, 0.3) is 10.9 Å². The maximum absolute atomic E-state index is 11.8. The lowest BCUT2D eigenvalue weighted by atomic mass is 10.1. The van der Waals surface area contributed by atoms with Gasteiger partial charge in [-0.1, -0.05) is 25.1 Å². The van der Waals surface area contributed by atoms with Gasteiger partial charge >= 0.3 is 0 Å². The van der Waals surface area contributed by atoms with Gasteiger partial charge in [-0.25, -0.2) is 0 Å². The van der Waals surface area contributed by atoms with Crippen LogP contribution >= 0.6 is 0 Å². The Morgan fingerprint density at radius 1 is 1.44 bits per heavy atom. The molecule has 1 heterocycles. The molecule has 0 saturated carbocycles. The zero-order chi connectivity index (χ0) is 13.0. The Balaban J connectivity index is 2.07. The number of amides is 1. The SMILES string of the molecule is CCCNC(=O)[C@@H]([NH3+])Cc1c[nH]c2ccccc12. The molecule has 0 unspecified atom stereocenters. The number of aromatic nitrogens is 1. The minimum atomic E-state index is -0.240. The normalized spacial score (nSPS) is 12.6. The van der Waals surface area contributed by atoms with Crippen molar-refractivity contribution in [2.24, 2.45) is 0 Å². The maximum atomic E-state index is 11.8. The Morgan fingerprint density at radius 3 is 3.00 bits per heavy atom. The number of hydrogen-bond donors (Lipinski definition) is 3. The monoisotopic (exact) mass is 246 g/mol. The minimum Gasteiger partial charge on any atom is -0.361 e. The van der Waals surface area contributed by atoms with Gasteiger partial charge in [-0.15, -0.1) is 0 Å². The zero-order valence-corrected chi connectivity index (χ0v) is 10.7. The molecule has 2 aromatic rings. The molecule has 0 radical (unpaired) electrons. The molecule has 0 bridgehead atoms. The molecule has 96 valence electrons. The molecule has 0 spiro atoms. The van der Waals surface area contributed by atoms with E-state index in [1.165, 1.54) is 5.39 Å². The summed E-state index contributed by atoms with van der Waals surface area (Å²) in [6.45, 7) is 2.76. The van der Waals surface area contributed by atoms with E-state index in [1.807, 2.05) is 31.3 Å². The van der Waals surface area contributed by atoms with E-state index < -0.39 is 0 Å². The average Bonchev–Trinajstić information content (AvgIpc) is 2.79. The second-order valence-electron chi connectivity index (χ2n) is 4.55. The predicted octanol–water partition coefficient (Wildman–Crippen LogP) is 0.847. The number of fused-ring (bicyclic) bond motifs is 1. The third-order valence-electron chi connectivity index (χ3n) is 3.06. The van der Waals surface area contributed by atoms with Crippen molar-refractivity contribution in [3.8, 4) is 0 Å². The topological polar surface area (TPSA) is 72.5 Å². The molecule has 4 nitrogen and oxygen atoms in total. The molecule has 1 amide bonds. The fraction of sp³-hybridized carbons (Fsp3) is 0.357. The Morgan fingerprint density at radius 2 is 2.22 bits per heavy atom. The van der Waals surface area contributed by atoms with Gasteiger partial charge in [-0.2, -0.15) is 0 Å². The largest absolute Gasteiger partial charge is 0.361 e. The average molecular weight is 246 g/mol. The van der Waals surface area contributed by atoms with Gasteiger partial charge in [0.05, 0.1) is 0 Å². The van der Waals surface area contributed by atoms with Crippen LogP contribution in [0.2, 0.25) is 0 Å². The molecule has 0 aliphatic carbocycles. The number of quaternary nitrogens is 1. The Labute approximate surface area is 107 Å². The molecule has 0 saturated heterocycles. The fourth-order valence-corrected chi connectivity index (χ4v) is 2.05. The zero-order valence-electron chi connectivity index (χ0n) is 10.7. The second kappa shape index (κ2) is 5.69. The first-order valence-electron chi connectivity index (χ1n) is 6.38. The summed E-state index contributed by atoms with van der Waals surface area (Å²) in [5.41, 5.74) is 6.20. The van der Waals surface area contributed by atoms with Gasteiger partial charge in [0.25, 0.3) is 5.91 Å². The lowest BCUT2D eigenvalue weighted by Gasteiger charge is -2.08. The van der Waals surface area contributed by atoms with Crippen molar-refractivity contribution in [2.45, 2.75) is 25.8 Å². The van der Waals surface area contributed by atoms with Gasteiger partial charge in [0, 0.05) is 30.1 Å². The first kappa shape index (κ1) is 12.6. The highest BCUT2D eigenvalue weighted by atomic mass is 16.2. The van der Waals surface area contributed by atoms with E-state index in [1.54, 1.807) is 0 Å². The molecule has 0 aliphatic heterocycles. The van der Waals surface area contributed by atoms with E-state index in [2.05, 4.69) is 22.1 Å². The second-order valence-corrected chi connectivity index (χ2v) is 4.55. The van der Waals surface area contributed by atoms with Crippen LogP contribution in [-0.2, 0) is 11.2 Å². The van der Waals surface area contributed by atoms with E-state index in [4.69, 9.17) is 0 Å². The molecule has 4 heteroatoms. The van der Waals surface area contributed by atoms with Crippen LogP contribution in [0.4, 0.5) is 0 Å². The molecule has 18 heavy (non-hydrogen) atoms. The minimum absolute atomic E-state index is 0.0298. The predicted molar refractivity (Wildman–Crippen MR) is 72.0 cm³/mol. The van der Waals surface area contributed by atoms with Crippen molar-refractivity contribution >= 4 is 16.8 Å². The smallest absolute Gasteiger partial charge is 0.278 e. The van der Waals surface area contributed by atoms with Crippen LogP contribution < -0.4 is 11.1 Å². The Bertz CT molecular complexity index is 533. The van der Waals surface area contributed by atoms with Gasteiger partial charge in [-0.05, 0) is 18.1 Å². The molecule has 1 aromatic heterocycles. The Hall–Kier alpha value is -1.81. The maximum Gasteiger partial charge on any atom is 0.278 e. The number of carbonyl (C=O) groups is 1. The molecule has 0 fully saturated rings. The molecule has 2 rings (SSSR count). The molecule has 1 atom stereocenters. The number of aromatic amines is 1. The number of nitrogens with one attached hydrogen (secondary N) is 2. The van der Waals surface area contributed by atoms with Crippen LogP contribution in [-0.4, -0.2) is 23.5 Å². The summed E-state index contributed by atoms with van der Waals surface area (Å²) in [4.78, 5) is 15.0. The molecular formula is C14H20N3O+. The van der Waals surface area contributed by atoms with E-state index in [-0.39, 0.29) is 11.9 Å². The third kappa shape index (κ3) is 2.71. The van der Waals surface area contributed by atoms with Crippen LogP contribution in [0.15, 0.2) is 30.5 Å². The van der Waals surface area contributed by atoms with Crippen molar-refractivity contribution in [1.29, 1.82) is 0 Å². The van der Waals surface area contributed by atoms with E-state index in [0.29, 0.717) is 6.42 Å². The van der Waals surface area contributed by atoms with Crippen LogP contribution in [0.1, 0.15) is 18.9 Å². The standard InChI is InChI=1S/C14H19N3O/c1-2-7-16-14(18)12(15)8-10-9-17-13-6-4-3-5-11(10)13/h3-6,9,12,17H,2,7-8,15H2,1H3,(H,16,18)/p+1/t12-/m0/s1. The highest BCUT2D eigenvalue weighted by Gasteiger charge is 2.18. The first-order chi connectivity index (χ1) is 8.72. The Kier molecular flexibility index (Phi) is 3.99. The van der Waals surface area contributed by atoms with E-state index >= 15 is 0 Å². The summed E-state index contributed by atoms with van der Waals surface area (Å²) in [6.07, 6.45) is 3.58. The van der Waals surface area contributed by atoms with Crippen molar-refractivity contribution in [3.05, 3.63) is 36.0 Å². The summed E-state index contributed by atoms with van der Waals surface area (Å²) in [5, 5.41) is 4.06. The molecular weight excluding hydrogens is 226 g/mol. The fourth-order valence-electron chi connectivity index (χ4n) is 2.05. The number of benzene rings is 1. The van der Waals surface area contributed by atoms with Crippen LogP contribution in [0.5, 0.6) is 0 Å². The van der Waals surface area contributed by atoms with Gasteiger partial charge in [0.15, 0.2) is 6.04 Å². The molecule has 1 aromatic carbocycles. The van der Waals surface area contributed by atoms with Crippen molar-refractivity contribution < 1.29 is 10.5 Å². The highest BCUT2D eigenvalue weighted by molar-refractivity contribution is 5.85. The van der Waals surface area contributed by atoms with Gasteiger partial charge < -0.3 is 16.0 Å². The molecule has 5 N–H and O–H groups in total. The number of para-hydroxylation sites is 1. The van der Waals surface area contributed by atoms with Gasteiger partial charge in [0.2, 0.25) is 0 Å². The van der Waals surface area contributed by atoms with Crippen molar-refractivity contribution in [3.63, 3.8) is 0 Å². The summed E-state index contributed by atoms with van der Waals surface area (Å²) in [5.74, 6) is 0.0298. The number of hydrogen-bond acceptors (Lipinski definition) is 1. The van der Waals surface area contributed by atoms with Crippen LogP contribution in [0, 0.1) is 0 Å². The third-order valence-corrected chi connectivity index (χ3v) is 3.06. The highest BCUT2D eigenvalue weighted by Crippen LogP contribution is 2.18. The number of carbonyl (C=O) groups excluding carboxylic acids is 1.